The number of rotatable bonds is 3. The number of nitrogens with two attached hydrogens (primary N) is 1. The summed E-state index contributed by atoms with van der Waals surface area (Å²) in [5.74, 6) is -1.04. The smallest absolute Gasteiger partial charge is 0.320 e. The lowest BCUT2D eigenvalue weighted by atomic mass is 10.1. The molecule has 0 aliphatic carbocycles. The SMILES string of the molecule is Cc1nn(C)c(CC(N)C(=O)O)c1Cl. The average molecular weight is 218 g/mol. The van der Waals surface area contributed by atoms with Gasteiger partial charge in [0.1, 0.15) is 6.04 Å². The van der Waals surface area contributed by atoms with Crippen LogP contribution in [0.25, 0.3) is 0 Å². The molecule has 0 radical (unpaired) electrons. The molecule has 78 valence electrons. The zero-order chi connectivity index (χ0) is 10.9. The molecule has 0 aliphatic rings. The number of halogens is 1. The van der Waals surface area contributed by atoms with Crippen molar-refractivity contribution < 1.29 is 9.90 Å². The maximum Gasteiger partial charge on any atom is 0.320 e. The monoisotopic (exact) mass is 217 g/mol. The minimum atomic E-state index is -1.04. The van der Waals surface area contributed by atoms with E-state index in [1.54, 1.807) is 18.7 Å². The van der Waals surface area contributed by atoms with Crippen LogP contribution >= 0.6 is 11.6 Å². The highest BCUT2D eigenvalue weighted by atomic mass is 35.5. The summed E-state index contributed by atoms with van der Waals surface area (Å²) >= 11 is 5.93. The molecule has 0 saturated heterocycles. The fourth-order valence-corrected chi connectivity index (χ4v) is 1.43. The molecular formula is C8H12ClN3O2. The molecule has 1 rings (SSSR count). The quantitative estimate of drug-likeness (QED) is 0.765. The third kappa shape index (κ3) is 2.05. The van der Waals surface area contributed by atoms with Gasteiger partial charge >= 0.3 is 5.97 Å². The second-order valence-corrected chi connectivity index (χ2v) is 3.50. The molecule has 0 aliphatic heterocycles. The summed E-state index contributed by atoms with van der Waals surface area (Å²) in [6, 6.07) is -0.942. The van der Waals surface area contributed by atoms with E-state index < -0.39 is 12.0 Å². The Morgan fingerprint density at radius 1 is 1.79 bits per heavy atom. The number of hydrogen-bond acceptors (Lipinski definition) is 3. The van der Waals surface area contributed by atoms with Crippen LogP contribution in [0.3, 0.4) is 0 Å². The number of carboxylic acid groups (broad SMARTS) is 1. The Morgan fingerprint density at radius 2 is 2.36 bits per heavy atom. The van der Waals surface area contributed by atoms with Crippen LogP contribution in [0.5, 0.6) is 0 Å². The number of nitrogens with zero attached hydrogens (tertiary/aromatic N) is 2. The van der Waals surface area contributed by atoms with Crippen molar-refractivity contribution in [3.63, 3.8) is 0 Å². The summed E-state index contributed by atoms with van der Waals surface area (Å²) in [5, 5.41) is 13.2. The summed E-state index contributed by atoms with van der Waals surface area (Å²) in [5.41, 5.74) is 6.73. The molecule has 1 atom stereocenters. The number of hydrogen-bond donors (Lipinski definition) is 2. The van der Waals surface area contributed by atoms with E-state index in [0.717, 1.165) is 0 Å². The van der Waals surface area contributed by atoms with Crippen LogP contribution < -0.4 is 5.73 Å². The van der Waals surface area contributed by atoms with Crippen LogP contribution in [0.2, 0.25) is 5.02 Å². The van der Waals surface area contributed by atoms with Gasteiger partial charge < -0.3 is 10.8 Å². The van der Waals surface area contributed by atoms with Crippen molar-refractivity contribution in [2.24, 2.45) is 12.8 Å². The first-order valence-electron chi connectivity index (χ1n) is 4.09. The summed E-state index contributed by atoms with van der Waals surface area (Å²) in [6.07, 6.45) is 0.186. The minimum Gasteiger partial charge on any atom is -0.480 e. The van der Waals surface area contributed by atoms with Crippen LogP contribution in [-0.2, 0) is 18.3 Å². The summed E-state index contributed by atoms with van der Waals surface area (Å²) < 4.78 is 1.56. The number of carbonyl (C=O) groups is 1. The van der Waals surface area contributed by atoms with Crippen molar-refractivity contribution in [2.75, 3.05) is 0 Å². The van der Waals surface area contributed by atoms with Gasteiger partial charge in [-0.3, -0.25) is 9.48 Å². The zero-order valence-electron chi connectivity index (χ0n) is 7.99. The second-order valence-electron chi connectivity index (χ2n) is 3.12. The number of aromatic nitrogens is 2. The number of aliphatic carboxylic acids is 1. The van der Waals surface area contributed by atoms with E-state index >= 15 is 0 Å². The van der Waals surface area contributed by atoms with E-state index in [2.05, 4.69) is 5.10 Å². The van der Waals surface area contributed by atoms with E-state index in [1.165, 1.54) is 0 Å². The third-order valence-electron chi connectivity index (χ3n) is 1.99. The van der Waals surface area contributed by atoms with E-state index in [4.69, 9.17) is 22.4 Å². The molecule has 1 aromatic heterocycles. The van der Waals surface area contributed by atoms with E-state index in [-0.39, 0.29) is 6.42 Å². The molecule has 1 aromatic rings. The molecule has 0 saturated carbocycles. The van der Waals surface area contributed by atoms with Gasteiger partial charge in [-0.2, -0.15) is 5.10 Å². The molecule has 0 aromatic carbocycles. The molecule has 6 heteroatoms. The van der Waals surface area contributed by atoms with Gasteiger partial charge in [0.05, 0.1) is 16.4 Å². The molecule has 1 unspecified atom stereocenters. The Balaban J connectivity index is 2.91. The maximum atomic E-state index is 10.5. The predicted octanol–water partition coefficient (Wildman–Crippen LogP) is 0.336. The van der Waals surface area contributed by atoms with Gasteiger partial charge in [0.2, 0.25) is 0 Å². The summed E-state index contributed by atoms with van der Waals surface area (Å²) in [4.78, 5) is 10.5. The lowest BCUT2D eigenvalue weighted by molar-refractivity contribution is -0.138. The highest BCUT2D eigenvalue weighted by molar-refractivity contribution is 6.31. The molecule has 14 heavy (non-hydrogen) atoms. The first kappa shape index (κ1) is 11.0. The van der Waals surface area contributed by atoms with Gasteiger partial charge in [-0.05, 0) is 6.92 Å². The van der Waals surface area contributed by atoms with E-state index in [1.807, 2.05) is 0 Å². The lowest BCUT2D eigenvalue weighted by Gasteiger charge is -2.06. The zero-order valence-corrected chi connectivity index (χ0v) is 8.75. The Kier molecular flexibility index (Phi) is 3.13. The van der Waals surface area contributed by atoms with Crippen LogP contribution in [-0.4, -0.2) is 26.9 Å². The molecule has 3 N–H and O–H groups in total. The Labute approximate surface area is 86.5 Å². The predicted molar refractivity (Wildman–Crippen MR) is 52.3 cm³/mol. The second kappa shape index (κ2) is 3.98. The lowest BCUT2D eigenvalue weighted by Crippen LogP contribution is -2.33. The van der Waals surface area contributed by atoms with Crippen LogP contribution in [0.15, 0.2) is 0 Å². The maximum absolute atomic E-state index is 10.5. The van der Waals surface area contributed by atoms with Crippen molar-refractivity contribution in [1.29, 1.82) is 0 Å². The molecule has 5 nitrogen and oxygen atoms in total. The third-order valence-corrected chi connectivity index (χ3v) is 2.48. The molecule has 0 bridgehead atoms. The first-order chi connectivity index (χ1) is 6.43. The van der Waals surface area contributed by atoms with E-state index in [9.17, 15) is 4.79 Å². The topological polar surface area (TPSA) is 81.1 Å². The van der Waals surface area contributed by atoms with Crippen LogP contribution in [0.4, 0.5) is 0 Å². The van der Waals surface area contributed by atoms with Gasteiger partial charge in [-0.1, -0.05) is 11.6 Å². The highest BCUT2D eigenvalue weighted by Gasteiger charge is 2.18. The number of carboxylic acids is 1. The van der Waals surface area contributed by atoms with Gasteiger partial charge in [0.15, 0.2) is 0 Å². The van der Waals surface area contributed by atoms with Crippen molar-refractivity contribution >= 4 is 17.6 Å². The van der Waals surface area contributed by atoms with Crippen molar-refractivity contribution in [3.05, 3.63) is 16.4 Å². The standard InChI is InChI=1S/C8H12ClN3O2/c1-4-7(9)6(12(2)11-4)3-5(10)8(13)14/h5H,3,10H2,1-2H3,(H,13,14). The first-order valence-corrected chi connectivity index (χ1v) is 4.47. The van der Waals surface area contributed by atoms with Crippen LogP contribution in [0, 0.1) is 6.92 Å². The summed E-state index contributed by atoms with van der Waals surface area (Å²) in [6.45, 7) is 1.76. The highest BCUT2D eigenvalue weighted by Crippen LogP contribution is 2.20. The van der Waals surface area contributed by atoms with Gasteiger partial charge in [0, 0.05) is 13.5 Å². The summed E-state index contributed by atoms with van der Waals surface area (Å²) in [7, 11) is 1.71. The van der Waals surface area contributed by atoms with Crippen molar-refractivity contribution in [2.45, 2.75) is 19.4 Å². The fraction of sp³-hybridized carbons (Fsp3) is 0.500. The number of aryl methyl sites for hydroxylation is 2. The fourth-order valence-electron chi connectivity index (χ4n) is 1.20. The van der Waals surface area contributed by atoms with Gasteiger partial charge in [0.25, 0.3) is 0 Å². The Morgan fingerprint density at radius 3 is 2.71 bits per heavy atom. The largest absolute Gasteiger partial charge is 0.480 e. The van der Waals surface area contributed by atoms with Gasteiger partial charge in [-0.25, -0.2) is 0 Å². The van der Waals surface area contributed by atoms with Gasteiger partial charge in [-0.15, -0.1) is 0 Å². The molecule has 1 heterocycles. The normalized spacial score (nSPS) is 12.9. The van der Waals surface area contributed by atoms with Crippen molar-refractivity contribution in [1.82, 2.24) is 9.78 Å². The van der Waals surface area contributed by atoms with Crippen LogP contribution in [0.1, 0.15) is 11.4 Å². The molecule has 0 spiro atoms. The van der Waals surface area contributed by atoms with E-state index in [0.29, 0.717) is 16.4 Å². The van der Waals surface area contributed by atoms with Crippen molar-refractivity contribution in [3.8, 4) is 0 Å². The Bertz CT molecular complexity index is 362. The molecule has 0 amide bonds. The average Bonchev–Trinajstić information content (AvgIpc) is 2.32. The molecule has 0 fully saturated rings. The Hall–Kier alpha value is -1.07. The molecular weight excluding hydrogens is 206 g/mol. The minimum absolute atomic E-state index is 0.186.